The molecule has 1 aromatic heterocycles. The summed E-state index contributed by atoms with van der Waals surface area (Å²) in [6.07, 6.45) is 2.19. The van der Waals surface area contributed by atoms with Gasteiger partial charge < -0.3 is 5.32 Å². The largest absolute Gasteiger partial charge is 0.316 e. The van der Waals surface area contributed by atoms with Gasteiger partial charge in [0.25, 0.3) is 0 Å². The average Bonchev–Trinajstić information content (AvgIpc) is 2.91. The summed E-state index contributed by atoms with van der Waals surface area (Å²) in [5.74, 6) is 1.63. The smallest absolute Gasteiger partial charge is 0.129 e. The highest BCUT2D eigenvalue weighted by molar-refractivity contribution is 9.10. The van der Waals surface area contributed by atoms with Crippen molar-refractivity contribution in [3.8, 4) is 11.3 Å². The van der Waals surface area contributed by atoms with Crippen LogP contribution in [0.1, 0.15) is 17.9 Å². The van der Waals surface area contributed by atoms with Crippen LogP contribution in [0.5, 0.6) is 0 Å². The first-order valence-corrected chi connectivity index (χ1v) is 7.82. The van der Waals surface area contributed by atoms with E-state index >= 15 is 0 Å². The van der Waals surface area contributed by atoms with Crippen LogP contribution in [0.3, 0.4) is 0 Å². The Morgan fingerprint density at radius 2 is 2.15 bits per heavy atom. The summed E-state index contributed by atoms with van der Waals surface area (Å²) in [6, 6.07) is 10.3. The quantitative estimate of drug-likeness (QED) is 0.936. The zero-order chi connectivity index (χ0) is 13.9. The number of hydrogen-bond acceptors (Lipinski definition) is 3. The van der Waals surface area contributed by atoms with E-state index in [1.165, 1.54) is 6.42 Å². The lowest BCUT2D eigenvalue weighted by molar-refractivity contribution is 0.560. The average molecular weight is 332 g/mol. The Hall–Kier alpha value is -1.26. The zero-order valence-corrected chi connectivity index (χ0v) is 13.2. The van der Waals surface area contributed by atoms with Crippen LogP contribution in [0.25, 0.3) is 11.3 Å². The summed E-state index contributed by atoms with van der Waals surface area (Å²) in [4.78, 5) is 9.36. The van der Waals surface area contributed by atoms with Gasteiger partial charge in [0.2, 0.25) is 0 Å². The zero-order valence-electron chi connectivity index (χ0n) is 11.6. The molecule has 1 aliphatic rings. The van der Waals surface area contributed by atoms with Crippen molar-refractivity contribution < 1.29 is 0 Å². The maximum atomic E-state index is 4.76. The van der Waals surface area contributed by atoms with E-state index in [2.05, 4.69) is 38.4 Å². The fourth-order valence-corrected chi connectivity index (χ4v) is 3.16. The molecular weight excluding hydrogens is 314 g/mol. The van der Waals surface area contributed by atoms with Crippen LogP contribution < -0.4 is 5.32 Å². The van der Waals surface area contributed by atoms with E-state index in [9.17, 15) is 0 Å². The highest BCUT2D eigenvalue weighted by Gasteiger charge is 2.17. The molecule has 1 saturated heterocycles. The Labute approximate surface area is 128 Å². The monoisotopic (exact) mass is 331 g/mol. The van der Waals surface area contributed by atoms with Crippen LogP contribution in [-0.4, -0.2) is 23.1 Å². The molecule has 1 atom stereocenters. The van der Waals surface area contributed by atoms with Crippen molar-refractivity contribution in [1.82, 2.24) is 15.3 Å². The molecule has 3 rings (SSSR count). The summed E-state index contributed by atoms with van der Waals surface area (Å²) in [6.45, 7) is 4.24. The highest BCUT2D eigenvalue weighted by atomic mass is 79.9. The van der Waals surface area contributed by atoms with Gasteiger partial charge in [-0.1, -0.05) is 34.1 Å². The number of hydrogen-bond donors (Lipinski definition) is 1. The van der Waals surface area contributed by atoms with Gasteiger partial charge in [-0.3, -0.25) is 0 Å². The molecule has 1 unspecified atom stereocenters. The van der Waals surface area contributed by atoms with Crippen molar-refractivity contribution in [2.45, 2.75) is 19.8 Å². The molecule has 0 saturated carbocycles. The van der Waals surface area contributed by atoms with Crippen molar-refractivity contribution in [2.24, 2.45) is 5.92 Å². The molecule has 1 aromatic carbocycles. The summed E-state index contributed by atoms with van der Waals surface area (Å²) >= 11 is 3.60. The molecule has 4 heteroatoms. The van der Waals surface area contributed by atoms with E-state index in [0.717, 1.165) is 46.8 Å². The molecule has 0 amide bonds. The van der Waals surface area contributed by atoms with Gasteiger partial charge in [0.05, 0.1) is 5.69 Å². The summed E-state index contributed by atoms with van der Waals surface area (Å²) < 4.78 is 1.08. The van der Waals surface area contributed by atoms with E-state index in [-0.39, 0.29) is 0 Å². The normalized spacial score (nSPS) is 18.4. The van der Waals surface area contributed by atoms with Crippen LogP contribution in [0.2, 0.25) is 0 Å². The number of rotatable bonds is 3. The minimum atomic E-state index is 0.670. The molecule has 1 N–H and O–H groups in total. The number of aromatic nitrogens is 2. The number of nitrogens with one attached hydrogen (secondary N) is 1. The first-order chi connectivity index (χ1) is 9.72. The van der Waals surface area contributed by atoms with Gasteiger partial charge in [-0.15, -0.1) is 0 Å². The lowest BCUT2D eigenvalue weighted by Gasteiger charge is -2.10. The summed E-state index contributed by atoms with van der Waals surface area (Å²) in [5, 5.41) is 3.40. The van der Waals surface area contributed by atoms with Gasteiger partial charge in [0.15, 0.2) is 0 Å². The van der Waals surface area contributed by atoms with Crippen LogP contribution in [-0.2, 0) is 6.42 Å². The molecule has 2 aromatic rings. The van der Waals surface area contributed by atoms with Crippen molar-refractivity contribution in [1.29, 1.82) is 0 Å². The van der Waals surface area contributed by atoms with E-state index in [4.69, 9.17) is 4.98 Å². The fourth-order valence-electron chi connectivity index (χ4n) is 2.68. The Bertz CT molecular complexity index is 606. The van der Waals surface area contributed by atoms with Crippen LogP contribution in [0.4, 0.5) is 0 Å². The third-order valence-electron chi connectivity index (χ3n) is 3.68. The lowest BCUT2D eigenvalue weighted by atomic mass is 10.0. The molecule has 1 fully saturated rings. The van der Waals surface area contributed by atoms with Gasteiger partial charge in [-0.25, -0.2) is 9.97 Å². The Morgan fingerprint density at radius 1 is 1.30 bits per heavy atom. The number of aryl methyl sites for hydroxylation is 1. The summed E-state index contributed by atoms with van der Waals surface area (Å²) in [7, 11) is 0. The van der Waals surface area contributed by atoms with Crippen molar-refractivity contribution in [2.75, 3.05) is 13.1 Å². The third-order valence-corrected chi connectivity index (χ3v) is 4.38. The Balaban J connectivity index is 1.92. The molecular formula is C16H18BrN3. The van der Waals surface area contributed by atoms with Crippen LogP contribution >= 0.6 is 15.9 Å². The SMILES string of the molecule is Cc1cc(-c2ccccc2Br)nc(CC2CCNC2)n1. The van der Waals surface area contributed by atoms with E-state index in [1.54, 1.807) is 0 Å². The first-order valence-electron chi connectivity index (χ1n) is 7.02. The minimum absolute atomic E-state index is 0.670. The van der Waals surface area contributed by atoms with Crippen molar-refractivity contribution >= 4 is 15.9 Å². The van der Waals surface area contributed by atoms with Gasteiger partial charge in [-0.2, -0.15) is 0 Å². The number of halogens is 1. The van der Waals surface area contributed by atoms with Gasteiger partial charge in [0.1, 0.15) is 5.82 Å². The molecule has 1 aliphatic heterocycles. The molecule has 0 aliphatic carbocycles. The summed E-state index contributed by atoms with van der Waals surface area (Å²) in [5.41, 5.74) is 3.17. The fraction of sp³-hybridized carbons (Fsp3) is 0.375. The van der Waals surface area contributed by atoms with Crippen LogP contribution in [0.15, 0.2) is 34.8 Å². The molecule has 104 valence electrons. The van der Waals surface area contributed by atoms with Crippen molar-refractivity contribution in [3.05, 3.63) is 46.3 Å². The Kier molecular flexibility index (Phi) is 4.13. The molecule has 3 nitrogen and oxygen atoms in total. The van der Waals surface area contributed by atoms with Gasteiger partial charge in [0, 0.05) is 22.2 Å². The first kappa shape index (κ1) is 13.7. The van der Waals surface area contributed by atoms with Gasteiger partial charge >= 0.3 is 0 Å². The number of nitrogens with zero attached hydrogens (tertiary/aromatic N) is 2. The predicted octanol–water partition coefficient (Wildman–Crippen LogP) is 3.37. The van der Waals surface area contributed by atoms with E-state index in [0.29, 0.717) is 5.92 Å². The van der Waals surface area contributed by atoms with Crippen LogP contribution in [0, 0.1) is 12.8 Å². The second-order valence-corrected chi connectivity index (χ2v) is 6.21. The second kappa shape index (κ2) is 6.02. The van der Waals surface area contributed by atoms with Gasteiger partial charge in [-0.05, 0) is 44.5 Å². The van der Waals surface area contributed by atoms with Crippen molar-refractivity contribution in [3.63, 3.8) is 0 Å². The topological polar surface area (TPSA) is 37.8 Å². The number of benzene rings is 1. The second-order valence-electron chi connectivity index (χ2n) is 5.35. The Morgan fingerprint density at radius 3 is 2.90 bits per heavy atom. The molecule has 2 heterocycles. The maximum Gasteiger partial charge on any atom is 0.129 e. The maximum absolute atomic E-state index is 4.76. The molecule has 0 radical (unpaired) electrons. The lowest BCUT2D eigenvalue weighted by Crippen LogP contribution is -2.12. The standard InChI is InChI=1S/C16H18BrN3/c1-11-8-15(13-4-2-3-5-14(13)17)20-16(19-11)9-12-6-7-18-10-12/h2-5,8,12,18H,6-7,9-10H2,1H3. The molecule has 0 bridgehead atoms. The third kappa shape index (κ3) is 3.07. The van der Waals surface area contributed by atoms with E-state index < -0.39 is 0 Å². The minimum Gasteiger partial charge on any atom is -0.316 e. The predicted molar refractivity (Wildman–Crippen MR) is 84.6 cm³/mol. The molecule has 0 spiro atoms. The molecule has 20 heavy (non-hydrogen) atoms. The van der Waals surface area contributed by atoms with E-state index in [1.807, 2.05) is 25.1 Å². The highest BCUT2D eigenvalue weighted by Crippen LogP contribution is 2.27.